The van der Waals surface area contributed by atoms with Crippen LogP contribution in [0.4, 0.5) is 0 Å². The molecule has 0 aliphatic carbocycles. The Balaban J connectivity index is 0.000000968. The molecule has 176 valence electrons. The molecule has 0 saturated carbocycles. The van der Waals surface area contributed by atoms with Gasteiger partial charge in [0, 0.05) is 37.8 Å². The fourth-order valence-electron chi connectivity index (χ4n) is 4.51. The molecular weight excluding hydrogens is 424 g/mol. The standard InChI is InChI=1S/C23H28N4O3.CH2O2/c1-16-24-14-19(20(25-16)17-7-5-4-6-8-17)21(28)27-11-9-23(10-12-27)13-18(15-26(2)3)30-22(23)29;2-1-3/h4-8,14,18H,9-13,15H2,1-3H3;1H,(H,2,3). The lowest BCUT2D eigenvalue weighted by Crippen LogP contribution is -2.45. The summed E-state index contributed by atoms with van der Waals surface area (Å²) in [5.74, 6) is 0.439. The number of hydrogen-bond acceptors (Lipinski definition) is 7. The summed E-state index contributed by atoms with van der Waals surface area (Å²) in [4.78, 5) is 47.0. The molecule has 1 spiro atoms. The number of piperidine rings is 1. The Labute approximate surface area is 193 Å². The van der Waals surface area contributed by atoms with Gasteiger partial charge < -0.3 is 19.6 Å². The van der Waals surface area contributed by atoms with Gasteiger partial charge in [0.15, 0.2) is 0 Å². The second-order valence-corrected chi connectivity index (χ2v) is 8.72. The normalized spacial score (nSPS) is 19.1. The van der Waals surface area contributed by atoms with Gasteiger partial charge >= 0.3 is 5.97 Å². The molecule has 2 aromatic rings. The fourth-order valence-corrected chi connectivity index (χ4v) is 4.51. The second-order valence-electron chi connectivity index (χ2n) is 8.72. The van der Waals surface area contributed by atoms with Crippen LogP contribution in [0.15, 0.2) is 36.5 Å². The van der Waals surface area contributed by atoms with E-state index in [0.29, 0.717) is 43.0 Å². The highest BCUT2D eigenvalue weighted by atomic mass is 16.6. The van der Waals surface area contributed by atoms with E-state index in [0.717, 1.165) is 18.5 Å². The van der Waals surface area contributed by atoms with Crippen molar-refractivity contribution in [3.05, 3.63) is 47.9 Å². The zero-order chi connectivity index (χ0) is 24.0. The average Bonchev–Trinajstić information content (AvgIpc) is 3.08. The highest BCUT2D eigenvalue weighted by Crippen LogP contribution is 2.43. The molecule has 1 N–H and O–H groups in total. The molecule has 2 saturated heterocycles. The van der Waals surface area contributed by atoms with Crippen molar-refractivity contribution in [2.24, 2.45) is 5.41 Å². The average molecular weight is 455 g/mol. The smallest absolute Gasteiger partial charge is 0.312 e. The topological polar surface area (TPSA) is 113 Å². The van der Waals surface area contributed by atoms with Crippen LogP contribution in [0.5, 0.6) is 0 Å². The molecule has 4 rings (SSSR count). The fraction of sp³-hybridized carbons (Fsp3) is 0.458. The Morgan fingerprint density at radius 3 is 2.52 bits per heavy atom. The molecule has 2 fully saturated rings. The first-order valence-electron chi connectivity index (χ1n) is 10.9. The number of aryl methyl sites for hydroxylation is 1. The molecule has 2 aliphatic heterocycles. The highest BCUT2D eigenvalue weighted by molar-refractivity contribution is 5.99. The molecular formula is C24H30N4O5. The summed E-state index contributed by atoms with van der Waals surface area (Å²) in [5, 5.41) is 6.89. The van der Waals surface area contributed by atoms with E-state index in [1.165, 1.54) is 0 Å². The molecule has 2 aliphatic rings. The second kappa shape index (κ2) is 10.5. The maximum atomic E-state index is 13.3. The molecule has 1 aromatic carbocycles. The summed E-state index contributed by atoms with van der Waals surface area (Å²) in [5.41, 5.74) is 1.59. The van der Waals surface area contributed by atoms with Crippen molar-refractivity contribution < 1.29 is 24.2 Å². The predicted octanol–water partition coefficient (Wildman–Crippen LogP) is 2.25. The molecule has 1 unspecified atom stereocenters. The van der Waals surface area contributed by atoms with Crippen molar-refractivity contribution in [3.63, 3.8) is 0 Å². The molecule has 9 heteroatoms. The number of benzene rings is 1. The van der Waals surface area contributed by atoms with Crippen LogP contribution in [0.3, 0.4) is 0 Å². The van der Waals surface area contributed by atoms with Crippen molar-refractivity contribution in [1.29, 1.82) is 0 Å². The van der Waals surface area contributed by atoms with Crippen LogP contribution in [0, 0.1) is 12.3 Å². The van der Waals surface area contributed by atoms with Crippen molar-refractivity contribution in [2.45, 2.75) is 32.3 Å². The minimum absolute atomic E-state index is 0.0649. The molecule has 1 aromatic heterocycles. The Kier molecular flexibility index (Phi) is 7.75. The number of amides is 1. The van der Waals surface area contributed by atoms with Crippen LogP contribution in [-0.4, -0.2) is 83.1 Å². The maximum absolute atomic E-state index is 13.3. The van der Waals surface area contributed by atoms with Crippen molar-refractivity contribution >= 4 is 18.3 Å². The largest absolute Gasteiger partial charge is 0.483 e. The molecule has 0 bridgehead atoms. The van der Waals surface area contributed by atoms with Gasteiger partial charge in [0.1, 0.15) is 11.9 Å². The summed E-state index contributed by atoms with van der Waals surface area (Å²) < 4.78 is 5.63. The number of carboxylic acid groups (broad SMARTS) is 1. The van der Waals surface area contributed by atoms with Gasteiger partial charge in [-0.05, 0) is 33.9 Å². The van der Waals surface area contributed by atoms with Gasteiger partial charge in [-0.25, -0.2) is 9.97 Å². The minimum Gasteiger partial charge on any atom is -0.483 e. The quantitative estimate of drug-likeness (QED) is 0.553. The van der Waals surface area contributed by atoms with Crippen LogP contribution < -0.4 is 0 Å². The Bertz CT molecular complexity index is 988. The molecule has 9 nitrogen and oxygen atoms in total. The summed E-state index contributed by atoms with van der Waals surface area (Å²) in [6.07, 6.45) is 3.55. The number of aromatic nitrogens is 2. The number of nitrogens with zero attached hydrogens (tertiary/aromatic N) is 4. The van der Waals surface area contributed by atoms with Crippen LogP contribution >= 0.6 is 0 Å². The molecule has 3 heterocycles. The lowest BCUT2D eigenvalue weighted by Gasteiger charge is -2.36. The third-order valence-electron chi connectivity index (χ3n) is 6.09. The van der Waals surface area contributed by atoms with Gasteiger partial charge in [-0.15, -0.1) is 0 Å². The number of rotatable bonds is 4. The number of esters is 1. The number of carbonyl (C=O) groups excluding carboxylic acids is 2. The number of ether oxygens (including phenoxy) is 1. The van der Waals surface area contributed by atoms with Crippen molar-refractivity contribution in [3.8, 4) is 11.3 Å². The molecule has 1 amide bonds. The van der Waals surface area contributed by atoms with E-state index in [9.17, 15) is 9.59 Å². The van der Waals surface area contributed by atoms with E-state index in [-0.39, 0.29) is 24.5 Å². The summed E-state index contributed by atoms with van der Waals surface area (Å²) in [6.45, 7) is 3.37. The first kappa shape index (κ1) is 24.3. The number of likely N-dealkylation sites (N-methyl/N-ethyl adjacent to an activating group) is 1. The SMILES string of the molecule is Cc1ncc(C(=O)N2CCC3(CC2)CC(CN(C)C)OC3=O)c(-c2ccccc2)n1.O=CO. The molecule has 0 radical (unpaired) electrons. The predicted molar refractivity (Wildman–Crippen MR) is 122 cm³/mol. The van der Waals surface area contributed by atoms with E-state index >= 15 is 0 Å². The number of likely N-dealkylation sites (tertiary alicyclic amines) is 1. The monoisotopic (exact) mass is 454 g/mol. The van der Waals surface area contributed by atoms with E-state index in [4.69, 9.17) is 14.6 Å². The lowest BCUT2D eigenvalue weighted by molar-refractivity contribution is -0.150. The van der Waals surface area contributed by atoms with Gasteiger partial charge in [0.05, 0.1) is 16.7 Å². The number of cyclic esters (lactones) is 1. The van der Waals surface area contributed by atoms with E-state index in [2.05, 4.69) is 9.97 Å². The zero-order valence-electron chi connectivity index (χ0n) is 19.2. The van der Waals surface area contributed by atoms with Crippen LogP contribution in [-0.2, 0) is 14.3 Å². The van der Waals surface area contributed by atoms with Gasteiger partial charge in [0.2, 0.25) is 0 Å². The zero-order valence-corrected chi connectivity index (χ0v) is 19.2. The van der Waals surface area contributed by atoms with E-state index < -0.39 is 5.41 Å². The minimum atomic E-state index is -0.455. The maximum Gasteiger partial charge on any atom is 0.312 e. The lowest BCUT2D eigenvalue weighted by atomic mass is 9.76. The van der Waals surface area contributed by atoms with Crippen molar-refractivity contribution in [1.82, 2.24) is 19.8 Å². The highest BCUT2D eigenvalue weighted by Gasteiger charge is 2.50. The van der Waals surface area contributed by atoms with Crippen molar-refractivity contribution in [2.75, 3.05) is 33.7 Å². The van der Waals surface area contributed by atoms with Gasteiger partial charge in [-0.3, -0.25) is 14.4 Å². The summed E-state index contributed by atoms with van der Waals surface area (Å²) >= 11 is 0. The van der Waals surface area contributed by atoms with Gasteiger partial charge in [-0.1, -0.05) is 30.3 Å². The third kappa shape index (κ3) is 5.54. The van der Waals surface area contributed by atoms with E-state index in [1.807, 2.05) is 61.2 Å². The summed E-state index contributed by atoms with van der Waals surface area (Å²) in [7, 11) is 3.96. The number of carbonyl (C=O) groups is 3. The third-order valence-corrected chi connectivity index (χ3v) is 6.09. The molecule has 1 atom stereocenters. The first-order valence-corrected chi connectivity index (χ1v) is 10.9. The van der Waals surface area contributed by atoms with Gasteiger partial charge in [0.25, 0.3) is 12.4 Å². The van der Waals surface area contributed by atoms with Crippen LogP contribution in [0.2, 0.25) is 0 Å². The van der Waals surface area contributed by atoms with Crippen LogP contribution in [0.25, 0.3) is 11.3 Å². The van der Waals surface area contributed by atoms with Crippen LogP contribution in [0.1, 0.15) is 35.4 Å². The Morgan fingerprint density at radius 2 is 1.91 bits per heavy atom. The summed E-state index contributed by atoms with van der Waals surface area (Å²) in [6, 6.07) is 9.70. The Morgan fingerprint density at radius 1 is 1.27 bits per heavy atom. The molecule has 33 heavy (non-hydrogen) atoms. The van der Waals surface area contributed by atoms with Gasteiger partial charge in [-0.2, -0.15) is 0 Å². The first-order chi connectivity index (χ1) is 15.8. The Hall–Kier alpha value is -3.33. The van der Waals surface area contributed by atoms with E-state index in [1.54, 1.807) is 6.20 Å². The number of hydrogen-bond donors (Lipinski definition) is 1.